The molecule has 1 heterocycles. The second-order valence-corrected chi connectivity index (χ2v) is 5.23. The van der Waals surface area contributed by atoms with Crippen LogP contribution in [0.25, 0.3) is 6.08 Å². The first kappa shape index (κ1) is 12.2. The molecule has 4 nitrogen and oxygen atoms in total. The SMILES string of the molecule is COc1ccc(Br)cc1/C=C1/SC(N)=NC1=O. The largest absolute Gasteiger partial charge is 0.496 e. The van der Waals surface area contributed by atoms with Crippen LogP contribution in [0.3, 0.4) is 0 Å². The van der Waals surface area contributed by atoms with Crippen LogP contribution in [0, 0.1) is 0 Å². The quantitative estimate of drug-likeness (QED) is 0.852. The number of hydrogen-bond donors (Lipinski definition) is 1. The van der Waals surface area contributed by atoms with Gasteiger partial charge in [0.2, 0.25) is 0 Å². The fraction of sp³-hybridized carbons (Fsp3) is 0.0909. The van der Waals surface area contributed by atoms with Crippen molar-refractivity contribution in [2.24, 2.45) is 10.7 Å². The van der Waals surface area contributed by atoms with Crippen LogP contribution < -0.4 is 10.5 Å². The Labute approximate surface area is 111 Å². The highest BCUT2D eigenvalue weighted by Gasteiger charge is 2.20. The van der Waals surface area contributed by atoms with Gasteiger partial charge in [0.05, 0.1) is 12.0 Å². The molecule has 1 aromatic rings. The van der Waals surface area contributed by atoms with E-state index in [0.717, 1.165) is 21.8 Å². The maximum Gasteiger partial charge on any atom is 0.286 e. The topological polar surface area (TPSA) is 64.7 Å². The predicted octanol–water partition coefficient (Wildman–Crippen LogP) is 2.39. The van der Waals surface area contributed by atoms with E-state index in [0.29, 0.717) is 10.7 Å². The fourth-order valence-corrected chi connectivity index (χ4v) is 2.44. The van der Waals surface area contributed by atoms with Gasteiger partial charge in [-0.05, 0) is 36.0 Å². The molecular formula is C11H9BrN2O2S. The van der Waals surface area contributed by atoms with Crippen molar-refractivity contribution in [3.05, 3.63) is 33.1 Å². The molecule has 0 spiro atoms. The lowest BCUT2D eigenvalue weighted by atomic mass is 10.2. The summed E-state index contributed by atoms with van der Waals surface area (Å²) < 4.78 is 6.13. The first-order valence-electron chi connectivity index (χ1n) is 4.71. The average molecular weight is 313 g/mol. The summed E-state index contributed by atoms with van der Waals surface area (Å²) in [5.41, 5.74) is 6.29. The Balaban J connectivity index is 2.39. The number of nitrogens with zero attached hydrogens (tertiary/aromatic N) is 1. The molecule has 0 bridgehead atoms. The maximum absolute atomic E-state index is 11.5. The van der Waals surface area contributed by atoms with E-state index in [1.54, 1.807) is 13.2 Å². The molecule has 1 aliphatic heterocycles. The number of hydrogen-bond acceptors (Lipinski definition) is 4. The highest BCUT2D eigenvalue weighted by molar-refractivity contribution is 9.10. The molecule has 0 fully saturated rings. The molecule has 0 unspecified atom stereocenters. The summed E-state index contributed by atoms with van der Waals surface area (Å²) in [6, 6.07) is 5.56. The number of halogens is 1. The van der Waals surface area contributed by atoms with Crippen LogP contribution in [0.4, 0.5) is 0 Å². The number of methoxy groups -OCH3 is 1. The van der Waals surface area contributed by atoms with E-state index in [-0.39, 0.29) is 11.1 Å². The van der Waals surface area contributed by atoms with Gasteiger partial charge in [-0.1, -0.05) is 15.9 Å². The minimum absolute atomic E-state index is 0.273. The minimum atomic E-state index is -0.311. The monoisotopic (exact) mass is 312 g/mol. The summed E-state index contributed by atoms with van der Waals surface area (Å²) >= 11 is 4.53. The Bertz CT molecular complexity index is 540. The third kappa shape index (κ3) is 2.70. The van der Waals surface area contributed by atoms with Crippen LogP contribution in [-0.2, 0) is 4.79 Å². The molecule has 1 aromatic carbocycles. The van der Waals surface area contributed by atoms with E-state index in [1.807, 2.05) is 18.2 Å². The molecule has 6 heteroatoms. The predicted molar refractivity (Wildman–Crippen MR) is 72.9 cm³/mol. The molecule has 0 atom stereocenters. The summed E-state index contributed by atoms with van der Waals surface area (Å²) in [4.78, 5) is 15.6. The van der Waals surface area contributed by atoms with Crippen molar-refractivity contribution in [3.8, 4) is 5.75 Å². The van der Waals surface area contributed by atoms with Crippen molar-refractivity contribution in [2.45, 2.75) is 0 Å². The molecule has 2 rings (SSSR count). The van der Waals surface area contributed by atoms with Crippen molar-refractivity contribution >= 4 is 44.8 Å². The highest BCUT2D eigenvalue weighted by atomic mass is 79.9. The molecule has 1 aliphatic rings. The second-order valence-electron chi connectivity index (χ2n) is 3.25. The molecule has 0 radical (unpaired) electrons. The standard InChI is InChI=1S/C11H9BrN2O2S/c1-16-8-3-2-7(12)4-6(8)5-9-10(15)14-11(13)17-9/h2-5H,1H3,(H2,13,14,15)/b9-5+. The van der Waals surface area contributed by atoms with Gasteiger partial charge >= 0.3 is 0 Å². The third-order valence-electron chi connectivity index (χ3n) is 2.12. The van der Waals surface area contributed by atoms with Crippen LogP contribution in [0.2, 0.25) is 0 Å². The Morgan fingerprint density at radius 1 is 1.53 bits per heavy atom. The molecule has 2 N–H and O–H groups in total. The number of rotatable bonds is 2. The van der Waals surface area contributed by atoms with Gasteiger partial charge in [-0.15, -0.1) is 0 Å². The van der Waals surface area contributed by atoms with Crippen LogP contribution in [-0.4, -0.2) is 18.2 Å². The number of amides is 1. The molecule has 0 saturated heterocycles. The number of aliphatic imine (C=N–C) groups is 1. The van der Waals surface area contributed by atoms with Crippen molar-refractivity contribution < 1.29 is 9.53 Å². The van der Waals surface area contributed by atoms with Crippen molar-refractivity contribution in [2.75, 3.05) is 7.11 Å². The number of ether oxygens (including phenoxy) is 1. The molecule has 88 valence electrons. The number of carbonyl (C=O) groups excluding carboxylic acids is 1. The van der Waals surface area contributed by atoms with Gasteiger partial charge in [0.25, 0.3) is 5.91 Å². The first-order chi connectivity index (χ1) is 8.10. The van der Waals surface area contributed by atoms with Crippen molar-refractivity contribution in [3.63, 3.8) is 0 Å². The van der Waals surface area contributed by atoms with E-state index in [1.165, 1.54) is 0 Å². The summed E-state index contributed by atoms with van der Waals surface area (Å²) in [6.07, 6.45) is 1.72. The molecule has 0 aliphatic carbocycles. The number of benzene rings is 1. The fourth-order valence-electron chi connectivity index (χ4n) is 1.38. The van der Waals surface area contributed by atoms with Gasteiger partial charge in [-0.3, -0.25) is 4.79 Å². The first-order valence-corrected chi connectivity index (χ1v) is 6.32. The lowest BCUT2D eigenvalue weighted by Crippen LogP contribution is -2.01. The van der Waals surface area contributed by atoms with E-state index >= 15 is 0 Å². The van der Waals surface area contributed by atoms with Crippen LogP contribution in [0.15, 0.2) is 32.6 Å². The van der Waals surface area contributed by atoms with E-state index < -0.39 is 0 Å². The molecule has 17 heavy (non-hydrogen) atoms. The average Bonchev–Trinajstić information content (AvgIpc) is 2.58. The van der Waals surface area contributed by atoms with Gasteiger partial charge in [0.1, 0.15) is 5.75 Å². The van der Waals surface area contributed by atoms with Crippen LogP contribution in [0.5, 0.6) is 5.75 Å². The van der Waals surface area contributed by atoms with Gasteiger partial charge in [0.15, 0.2) is 5.17 Å². The van der Waals surface area contributed by atoms with Gasteiger partial charge in [-0.25, -0.2) is 0 Å². The lowest BCUT2D eigenvalue weighted by Gasteiger charge is -2.05. The van der Waals surface area contributed by atoms with E-state index in [4.69, 9.17) is 10.5 Å². The van der Waals surface area contributed by atoms with Crippen molar-refractivity contribution in [1.82, 2.24) is 0 Å². The number of nitrogens with two attached hydrogens (primary N) is 1. The Morgan fingerprint density at radius 3 is 2.88 bits per heavy atom. The third-order valence-corrected chi connectivity index (χ3v) is 3.42. The summed E-state index contributed by atoms with van der Waals surface area (Å²) in [5, 5.41) is 0.273. The lowest BCUT2D eigenvalue weighted by molar-refractivity contribution is -0.113. The molecule has 0 saturated carbocycles. The molecular weight excluding hydrogens is 304 g/mol. The number of amidine groups is 1. The van der Waals surface area contributed by atoms with Crippen LogP contribution >= 0.6 is 27.7 Å². The Hall–Kier alpha value is -1.27. The zero-order chi connectivity index (χ0) is 12.4. The summed E-state index contributed by atoms with van der Waals surface area (Å²) in [6.45, 7) is 0. The summed E-state index contributed by atoms with van der Waals surface area (Å²) in [5.74, 6) is 0.383. The van der Waals surface area contributed by atoms with Gasteiger partial charge < -0.3 is 10.5 Å². The minimum Gasteiger partial charge on any atom is -0.496 e. The Kier molecular flexibility index (Phi) is 3.54. The number of carbonyl (C=O) groups is 1. The Morgan fingerprint density at radius 2 is 2.29 bits per heavy atom. The maximum atomic E-state index is 11.5. The molecule has 1 amide bonds. The highest BCUT2D eigenvalue weighted by Crippen LogP contribution is 2.31. The zero-order valence-corrected chi connectivity index (χ0v) is 11.3. The van der Waals surface area contributed by atoms with E-state index in [2.05, 4.69) is 20.9 Å². The number of thioether (sulfide) groups is 1. The van der Waals surface area contributed by atoms with Crippen LogP contribution in [0.1, 0.15) is 5.56 Å². The van der Waals surface area contributed by atoms with Gasteiger partial charge in [-0.2, -0.15) is 4.99 Å². The smallest absolute Gasteiger partial charge is 0.286 e. The zero-order valence-electron chi connectivity index (χ0n) is 8.94. The van der Waals surface area contributed by atoms with E-state index in [9.17, 15) is 4.79 Å². The van der Waals surface area contributed by atoms with Crippen molar-refractivity contribution in [1.29, 1.82) is 0 Å². The normalized spacial score (nSPS) is 17.4. The second kappa shape index (κ2) is 4.93. The molecule has 0 aromatic heterocycles. The summed E-state index contributed by atoms with van der Waals surface area (Å²) in [7, 11) is 1.58. The van der Waals surface area contributed by atoms with Gasteiger partial charge in [0, 0.05) is 10.0 Å².